The average molecular weight is 381 g/mol. The van der Waals surface area contributed by atoms with Crippen molar-refractivity contribution in [3.63, 3.8) is 0 Å². The van der Waals surface area contributed by atoms with Crippen LogP contribution in [0.25, 0.3) is 10.8 Å². The zero-order valence-corrected chi connectivity index (χ0v) is 17.0. The van der Waals surface area contributed by atoms with Crippen LogP contribution in [-0.4, -0.2) is 31.5 Å². The van der Waals surface area contributed by atoms with E-state index in [0.29, 0.717) is 17.3 Å². The number of methoxy groups -OCH3 is 2. The lowest BCUT2D eigenvalue weighted by Gasteiger charge is -2.20. The Morgan fingerprint density at radius 2 is 1.71 bits per heavy atom. The highest BCUT2D eigenvalue weighted by Gasteiger charge is 2.17. The molecule has 0 saturated heterocycles. The maximum Gasteiger partial charge on any atom is 0.161 e. The number of rotatable bonds is 7. The fourth-order valence-corrected chi connectivity index (χ4v) is 3.36. The zero-order chi connectivity index (χ0) is 20.3. The van der Waals surface area contributed by atoms with Crippen LogP contribution in [0.15, 0.2) is 30.3 Å². The number of aryl methyl sites for hydroxylation is 1. The number of anilines is 1. The molecule has 0 spiro atoms. The molecule has 0 radical (unpaired) electrons. The summed E-state index contributed by atoms with van der Waals surface area (Å²) in [7, 11) is 5.16. The van der Waals surface area contributed by atoms with Crippen LogP contribution in [0.1, 0.15) is 28.6 Å². The van der Waals surface area contributed by atoms with Crippen LogP contribution in [0.3, 0.4) is 0 Å². The predicted molar refractivity (Wildman–Crippen MR) is 112 cm³/mol. The van der Waals surface area contributed by atoms with E-state index in [1.54, 1.807) is 14.2 Å². The monoisotopic (exact) mass is 381 g/mol. The first-order valence-electron chi connectivity index (χ1n) is 9.14. The molecule has 3 aromatic rings. The van der Waals surface area contributed by atoms with Gasteiger partial charge in [-0.15, -0.1) is 5.10 Å². The van der Waals surface area contributed by atoms with Gasteiger partial charge in [-0.1, -0.05) is 18.2 Å². The summed E-state index contributed by atoms with van der Waals surface area (Å²) < 4.78 is 10.9. The van der Waals surface area contributed by atoms with Gasteiger partial charge in [-0.25, -0.2) is 0 Å². The van der Waals surface area contributed by atoms with Crippen LogP contribution >= 0.6 is 0 Å². The zero-order valence-electron chi connectivity index (χ0n) is 17.0. The van der Waals surface area contributed by atoms with Gasteiger partial charge in [0.15, 0.2) is 17.3 Å². The van der Waals surface area contributed by atoms with E-state index < -0.39 is 6.17 Å². The predicted octanol–water partition coefficient (Wildman–Crippen LogP) is 3.05. The molecule has 0 bridgehead atoms. The van der Waals surface area contributed by atoms with Gasteiger partial charge in [0.05, 0.1) is 19.9 Å². The van der Waals surface area contributed by atoms with E-state index in [2.05, 4.69) is 33.8 Å². The SMILES string of the molecule is CNCc1cccc([C@@H](N)Nc2nnc(C)c3cc(OC)c(OC)cc23)c1C. The molecule has 1 atom stereocenters. The number of hydrogen-bond acceptors (Lipinski definition) is 7. The van der Waals surface area contributed by atoms with E-state index in [0.717, 1.165) is 34.1 Å². The molecule has 1 aromatic heterocycles. The largest absolute Gasteiger partial charge is 0.493 e. The number of ether oxygens (including phenoxy) is 2. The Kier molecular flexibility index (Phi) is 5.96. The van der Waals surface area contributed by atoms with Crippen molar-refractivity contribution in [3.05, 3.63) is 52.7 Å². The normalized spacial score (nSPS) is 12.1. The van der Waals surface area contributed by atoms with E-state index in [1.165, 1.54) is 5.56 Å². The smallest absolute Gasteiger partial charge is 0.161 e. The lowest BCUT2D eigenvalue weighted by molar-refractivity contribution is 0.356. The molecule has 7 heteroatoms. The third kappa shape index (κ3) is 3.72. The topological polar surface area (TPSA) is 94.3 Å². The second-order valence-corrected chi connectivity index (χ2v) is 6.67. The molecule has 4 N–H and O–H groups in total. The van der Waals surface area contributed by atoms with Gasteiger partial charge >= 0.3 is 0 Å². The Hall–Kier alpha value is -2.90. The van der Waals surface area contributed by atoms with E-state index >= 15 is 0 Å². The Morgan fingerprint density at radius 1 is 1.04 bits per heavy atom. The summed E-state index contributed by atoms with van der Waals surface area (Å²) in [6, 6.07) is 9.95. The average Bonchev–Trinajstić information content (AvgIpc) is 2.70. The summed E-state index contributed by atoms with van der Waals surface area (Å²) in [6.07, 6.45) is -0.426. The summed E-state index contributed by atoms with van der Waals surface area (Å²) in [6.45, 7) is 4.78. The number of nitrogens with zero attached hydrogens (tertiary/aromatic N) is 2. The van der Waals surface area contributed by atoms with Gasteiger partial charge in [-0.05, 0) is 49.7 Å². The van der Waals surface area contributed by atoms with E-state index in [-0.39, 0.29) is 0 Å². The second kappa shape index (κ2) is 8.41. The molecule has 3 rings (SSSR count). The quantitative estimate of drug-likeness (QED) is 0.542. The Bertz CT molecular complexity index is 990. The maximum absolute atomic E-state index is 6.49. The van der Waals surface area contributed by atoms with Crippen molar-refractivity contribution in [1.29, 1.82) is 0 Å². The summed E-state index contributed by atoms with van der Waals surface area (Å²) >= 11 is 0. The number of hydrogen-bond donors (Lipinski definition) is 3. The first-order chi connectivity index (χ1) is 13.5. The van der Waals surface area contributed by atoms with Gasteiger partial charge < -0.3 is 25.8 Å². The summed E-state index contributed by atoms with van der Waals surface area (Å²) in [4.78, 5) is 0. The molecule has 0 aliphatic heterocycles. The molecule has 148 valence electrons. The third-order valence-corrected chi connectivity index (χ3v) is 4.95. The molecule has 0 unspecified atom stereocenters. The number of fused-ring (bicyclic) bond motifs is 1. The summed E-state index contributed by atoms with van der Waals surface area (Å²) in [5.74, 6) is 1.88. The van der Waals surface area contributed by atoms with Gasteiger partial charge in [-0.2, -0.15) is 5.10 Å². The lowest BCUT2D eigenvalue weighted by Crippen LogP contribution is -2.23. The summed E-state index contributed by atoms with van der Waals surface area (Å²) in [5.41, 5.74) is 10.7. The van der Waals surface area contributed by atoms with E-state index in [9.17, 15) is 0 Å². The highest BCUT2D eigenvalue weighted by atomic mass is 16.5. The van der Waals surface area contributed by atoms with Crippen molar-refractivity contribution in [2.45, 2.75) is 26.6 Å². The van der Waals surface area contributed by atoms with Gasteiger partial charge in [0.2, 0.25) is 0 Å². The van der Waals surface area contributed by atoms with Crippen LogP contribution in [0, 0.1) is 13.8 Å². The molecular formula is C21H27N5O2. The maximum atomic E-state index is 6.49. The highest BCUT2D eigenvalue weighted by molar-refractivity contribution is 5.95. The molecule has 0 amide bonds. The Labute approximate surface area is 165 Å². The van der Waals surface area contributed by atoms with Crippen LogP contribution in [0.4, 0.5) is 5.82 Å². The Balaban J connectivity index is 2.03. The minimum atomic E-state index is -0.426. The summed E-state index contributed by atoms with van der Waals surface area (Å²) in [5, 5.41) is 16.9. The van der Waals surface area contributed by atoms with Crippen molar-refractivity contribution in [3.8, 4) is 11.5 Å². The molecule has 0 fully saturated rings. The molecule has 0 aliphatic carbocycles. The van der Waals surface area contributed by atoms with Crippen molar-refractivity contribution in [1.82, 2.24) is 15.5 Å². The number of nitrogens with two attached hydrogens (primary N) is 1. The van der Waals surface area contributed by atoms with Crippen molar-refractivity contribution in [2.24, 2.45) is 5.73 Å². The van der Waals surface area contributed by atoms with Crippen LogP contribution in [-0.2, 0) is 6.54 Å². The molecule has 28 heavy (non-hydrogen) atoms. The minimum absolute atomic E-state index is 0.426. The molecule has 7 nitrogen and oxygen atoms in total. The van der Waals surface area contributed by atoms with Crippen LogP contribution in [0.5, 0.6) is 11.5 Å². The van der Waals surface area contributed by atoms with Gasteiger partial charge in [0, 0.05) is 17.3 Å². The van der Waals surface area contributed by atoms with Crippen molar-refractivity contribution >= 4 is 16.6 Å². The fourth-order valence-electron chi connectivity index (χ4n) is 3.36. The lowest BCUT2D eigenvalue weighted by atomic mass is 10.00. The molecule has 2 aromatic carbocycles. The fraction of sp³-hybridized carbons (Fsp3) is 0.333. The van der Waals surface area contributed by atoms with Crippen molar-refractivity contribution < 1.29 is 9.47 Å². The minimum Gasteiger partial charge on any atom is -0.493 e. The number of benzene rings is 2. The first-order valence-corrected chi connectivity index (χ1v) is 9.14. The highest BCUT2D eigenvalue weighted by Crippen LogP contribution is 2.36. The van der Waals surface area contributed by atoms with Gasteiger partial charge in [0.25, 0.3) is 0 Å². The number of nitrogens with one attached hydrogen (secondary N) is 2. The molecule has 0 saturated carbocycles. The van der Waals surface area contributed by atoms with Gasteiger partial charge in [-0.3, -0.25) is 0 Å². The van der Waals surface area contributed by atoms with Crippen LogP contribution < -0.4 is 25.8 Å². The molecular weight excluding hydrogens is 354 g/mol. The molecule has 0 aliphatic rings. The Morgan fingerprint density at radius 3 is 2.36 bits per heavy atom. The van der Waals surface area contributed by atoms with Gasteiger partial charge in [0.1, 0.15) is 6.17 Å². The standard InChI is InChI=1S/C21H27N5O2/c1-12-14(11-23-3)7-6-8-15(12)20(22)24-21-17-10-19(28-5)18(27-4)9-16(17)13(2)25-26-21/h6-10,20,23H,11,22H2,1-5H3,(H,24,26)/t20-/m0/s1. The number of aromatic nitrogens is 2. The van der Waals surface area contributed by atoms with Crippen LogP contribution in [0.2, 0.25) is 0 Å². The third-order valence-electron chi connectivity index (χ3n) is 4.95. The van der Waals surface area contributed by atoms with E-state index in [4.69, 9.17) is 15.2 Å². The second-order valence-electron chi connectivity index (χ2n) is 6.67. The van der Waals surface area contributed by atoms with E-state index in [1.807, 2.05) is 38.2 Å². The first kappa shape index (κ1) is 19.9. The van der Waals surface area contributed by atoms with Crippen molar-refractivity contribution in [2.75, 3.05) is 26.6 Å². The molecule has 1 heterocycles.